The van der Waals surface area contributed by atoms with E-state index in [9.17, 15) is 9.59 Å². The Morgan fingerprint density at radius 1 is 1.00 bits per heavy atom. The summed E-state index contributed by atoms with van der Waals surface area (Å²) in [4.78, 5) is 26.7. The van der Waals surface area contributed by atoms with Crippen LogP contribution in [0.3, 0.4) is 0 Å². The van der Waals surface area contributed by atoms with Gasteiger partial charge in [0, 0.05) is 3.57 Å². The maximum atomic E-state index is 12.6. The molecular formula is C16H16INO2. The van der Waals surface area contributed by atoms with Crippen molar-refractivity contribution in [3.63, 3.8) is 0 Å². The van der Waals surface area contributed by atoms with Crippen LogP contribution in [0.25, 0.3) is 0 Å². The molecule has 0 N–H and O–H groups in total. The van der Waals surface area contributed by atoms with E-state index < -0.39 is 0 Å². The van der Waals surface area contributed by atoms with Gasteiger partial charge in [-0.15, -0.1) is 0 Å². The third-order valence-electron chi connectivity index (χ3n) is 4.43. The number of hydrogen-bond donors (Lipinski definition) is 0. The summed E-state index contributed by atoms with van der Waals surface area (Å²) in [6.45, 7) is 4.14. The van der Waals surface area contributed by atoms with Crippen molar-refractivity contribution in [2.75, 3.05) is 4.90 Å². The maximum Gasteiger partial charge on any atom is 0.238 e. The molecule has 3 rings (SSSR count). The van der Waals surface area contributed by atoms with Crippen LogP contribution >= 0.6 is 22.6 Å². The molecule has 0 unspecified atom stereocenters. The van der Waals surface area contributed by atoms with Crippen molar-refractivity contribution >= 4 is 40.1 Å². The van der Waals surface area contributed by atoms with E-state index in [0.717, 1.165) is 22.1 Å². The van der Waals surface area contributed by atoms with Crippen LogP contribution in [0.2, 0.25) is 0 Å². The molecule has 2 amide bonds. The highest BCUT2D eigenvalue weighted by Crippen LogP contribution is 2.42. The summed E-state index contributed by atoms with van der Waals surface area (Å²) in [7, 11) is 0. The van der Waals surface area contributed by atoms with Gasteiger partial charge in [-0.1, -0.05) is 23.3 Å². The molecule has 0 saturated carbocycles. The second kappa shape index (κ2) is 4.98. The van der Waals surface area contributed by atoms with Gasteiger partial charge in [0.05, 0.1) is 17.5 Å². The topological polar surface area (TPSA) is 37.4 Å². The molecule has 1 aliphatic heterocycles. The molecule has 1 heterocycles. The molecule has 20 heavy (non-hydrogen) atoms. The molecule has 4 heteroatoms. The molecule has 0 radical (unpaired) electrons. The van der Waals surface area contributed by atoms with Crippen LogP contribution in [0.5, 0.6) is 0 Å². The summed E-state index contributed by atoms with van der Waals surface area (Å²) in [6, 6.07) is 7.56. The standard InChI is InChI=1S/C16H16INO2/c1-9-7-11-12(8-10(9)2)16(20)18(15(11)19)14-6-4-3-5-13(14)17/h3-6,11-12H,7-8H2,1-2H3/t11-,12-/m0/s1. The molecule has 1 fully saturated rings. The number of hydrogen-bond acceptors (Lipinski definition) is 2. The number of para-hydroxylation sites is 1. The molecule has 0 aromatic heterocycles. The highest BCUT2D eigenvalue weighted by molar-refractivity contribution is 14.1. The Morgan fingerprint density at radius 3 is 2.00 bits per heavy atom. The van der Waals surface area contributed by atoms with Crippen LogP contribution in [0.1, 0.15) is 26.7 Å². The Bertz CT molecular complexity index is 603. The van der Waals surface area contributed by atoms with Crippen LogP contribution in [0.15, 0.2) is 35.4 Å². The molecule has 104 valence electrons. The van der Waals surface area contributed by atoms with Crippen molar-refractivity contribution in [2.24, 2.45) is 11.8 Å². The van der Waals surface area contributed by atoms with Gasteiger partial charge in [0.25, 0.3) is 0 Å². The van der Waals surface area contributed by atoms with Crippen LogP contribution in [0, 0.1) is 15.4 Å². The van der Waals surface area contributed by atoms with Crippen molar-refractivity contribution in [3.8, 4) is 0 Å². The minimum Gasteiger partial charge on any atom is -0.274 e. The second-order valence-electron chi connectivity index (χ2n) is 5.65. The van der Waals surface area contributed by atoms with E-state index in [0.29, 0.717) is 0 Å². The van der Waals surface area contributed by atoms with E-state index >= 15 is 0 Å². The van der Waals surface area contributed by atoms with Gasteiger partial charge in [0.2, 0.25) is 11.8 Å². The Balaban J connectivity index is 2.00. The summed E-state index contributed by atoms with van der Waals surface area (Å²) in [6.07, 6.45) is 1.45. The van der Waals surface area contributed by atoms with E-state index in [4.69, 9.17) is 0 Å². The highest BCUT2D eigenvalue weighted by atomic mass is 127. The number of allylic oxidation sites excluding steroid dienone is 2. The second-order valence-corrected chi connectivity index (χ2v) is 6.81. The summed E-state index contributed by atoms with van der Waals surface area (Å²) >= 11 is 2.18. The van der Waals surface area contributed by atoms with Gasteiger partial charge in [0.1, 0.15) is 0 Å². The monoisotopic (exact) mass is 381 g/mol. The summed E-state index contributed by atoms with van der Waals surface area (Å²) in [5.74, 6) is -0.392. The van der Waals surface area contributed by atoms with Crippen molar-refractivity contribution in [1.29, 1.82) is 0 Å². The SMILES string of the molecule is CC1=C(C)C[C@@H]2C(=O)N(c3ccccc3I)C(=O)[C@H]2C1. The molecule has 1 aliphatic carbocycles. The predicted molar refractivity (Wildman–Crippen MR) is 86.2 cm³/mol. The lowest BCUT2D eigenvalue weighted by atomic mass is 9.78. The molecule has 1 saturated heterocycles. The van der Waals surface area contributed by atoms with Crippen LogP contribution in [0.4, 0.5) is 5.69 Å². The zero-order valence-corrected chi connectivity index (χ0v) is 13.7. The van der Waals surface area contributed by atoms with Gasteiger partial charge in [-0.25, -0.2) is 4.90 Å². The summed E-state index contributed by atoms with van der Waals surface area (Å²) in [5, 5.41) is 0. The van der Waals surface area contributed by atoms with Gasteiger partial charge in [0.15, 0.2) is 0 Å². The fraction of sp³-hybridized carbons (Fsp3) is 0.375. The number of nitrogens with zero attached hydrogens (tertiary/aromatic N) is 1. The number of benzene rings is 1. The number of amides is 2. The van der Waals surface area contributed by atoms with Crippen LogP contribution in [-0.2, 0) is 9.59 Å². The third kappa shape index (κ3) is 2.01. The zero-order valence-electron chi connectivity index (χ0n) is 11.5. The average molecular weight is 381 g/mol. The maximum absolute atomic E-state index is 12.6. The first kappa shape index (κ1) is 13.8. The lowest BCUT2D eigenvalue weighted by Gasteiger charge is -2.23. The van der Waals surface area contributed by atoms with Crippen molar-refractivity contribution in [1.82, 2.24) is 0 Å². The first-order valence-electron chi connectivity index (χ1n) is 6.78. The van der Waals surface area contributed by atoms with E-state index in [2.05, 4.69) is 36.4 Å². The number of fused-ring (bicyclic) bond motifs is 1. The lowest BCUT2D eigenvalue weighted by Crippen LogP contribution is -2.31. The Kier molecular flexibility index (Phi) is 3.44. The fourth-order valence-electron chi connectivity index (χ4n) is 3.12. The summed E-state index contributed by atoms with van der Waals surface area (Å²) < 4.78 is 0.937. The van der Waals surface area contributed by atoms with E-state index in [1.54, 1.807) is 0 Å². The van der Waals surface area contributed by atoms with E-state index in [1.165, 1.54) is 16.0 Å². The van der Waals surface area contributed by atoms with Gasteiger partial charge >= 0.3 is 0 Å². The minimum absolute atomic E-state index is 0.0315. The number of anilines is 1. The largest absolute Gasteiger partial charge is 0.274 e. The third-order valence-corrected chi connectivity index (χ3v) is 5.35. The minimum atomic E-state index is -0.165. The van der Waals surface area contributed by atoms with Crippen LogP contribution < -0.4 is 4.90 Å². The molecule has 2 aliphatic rings. The van der Waals surface area contributed by atoms with Gasteiger partial charge < -0.3 is 0 Å². The number of halogens is 1. The number of rotatable bonds is 1. The normalized spacial score (nSPS) is 26.2. The quantitative estimate of drug-likeness (QED) is 0.424. The zero-order chi connectivity index (χ0) is 14.4. The molecule has 2 atom stereocenters. The van der Waals surface area contributed by atoms with Crippen molar-refractivity contribution in [3.05, 3.63) is 39.0 Å². The van der Waals surface area contributed by atoms with Crippen molar-refractivity contribution in [2.45, 2.75) is 26.7 Å². The first-order chi connectivity index (χ1) is 9.50. The molecule has 0 spiro atoms. The fourth-order valence-corrected chi connectivity index (χ4v) is 3.75. The smallest absolute Gasteiger partial charge is 0.238 e. The van der Waals surface area contributed by atoms with Crippen LogP contribution in [-0.4, -0.2) is 11.8 Å². The molecule has 3 nitrogen and oxygen atoms in total. The molecule has 0 bridgehead atoms. The highest BCUT2D eigenvalue weighted by Gasteiger charge is 2.49. The number of carbonyl (C=O) groups is 2. The first-order valence-corrected chi connectivity index (χ1v) is 7.86. The average Bonchev–Trinajstić information content (AvgIpc) is 2.64. The van der Waals surface area contributed by atoms with E-state index in [1.807, 2.05) is 24.3 Å². The lowest BCUT2D eigenvalue weighted by molar-refractivity contribution is -0.122. The number of imide groups is 1. The Hall–Kier alpha value is -1.17. The summed E-state index contributed by atoms with van der Waals surface area (Å²) in [5.41, 5.74) is 3.25. The predicted octanol–water partition coefficient (Wildman–Crippen LogP) is 3.53. The van der Waals surface area contributed by atoms with Crippen molar-refractivity contribution < 1.29 is 9.59 Å². The molecule has 1 aromatic carbocycles. The molecule has 1 aromatic rings. The van der Waals surface area contributed by atoms with E-state index in [-0.39, 0.29) is 23.7 Å². The molecular weight excluding hydrogens is 365 g/mol. The Morgan fingerprint density at radius 2 is 1.50 bits per heavy atom. The van der Waals surface area contributed by atoms with Gasteiger partial charge in [-0.2, -0.15) is 0 Å². The van der Waals surface area contributed by atoms with Gasteiger partial charge in [-0.05, 0) is 61.4 Å². The number of carbonyl (C=O) groups excluding carboxylic acids is 2. The Labute approximate surface area is 132 Å². The van der Waals surface area contributed by atoms with Gasteiger partial charge in [-0.3, -0.25) is 9.59 Å².